The molecule has 2 rings (SSSR count). The van der Waals surface area contributed by atoms with Gasteiger partial charge in [0.05, 0.1) is 0 Å². The summed E-state index contributed by atoms with van der Waals surface area (Å²) in [4.78, 5) is 0. The first-order valence-electron chi connectivity index (χ1n) is 9.57. The highest BCUT2D eigenvalue weighted by Crippen LogP contribution is 2.27. The number of unbranched alkanes of at least 4 members (excludes halogenated alkanes) is 2. The van der Waals surface area contributed by atoms with E-state index in [1.807, 2.05) is 0 Å². The van der Waals surface area contributed by atoms with Crippen molar-refractivity contribution in [2.45, 2.75) is 64.2 Å². The molecular formula is C24H32. The number of rotatable bonds is 10. The minimum atomic E-state index is 0.501. The standard InChI is InChI=1S/C24H32/c1-3-4-7-17-23(24-18-10-6-11-19-24)20-13-12-14-21(2)22-15-8-5-9-16-22/h5-6,8-12,14-16,18-19,21,23H,3-4,7,13,17,20H2,1-2H3. The Morgan fingerprint density at radius 2 is 1.42 bits per heavy atom. The highest BCUT2D eigenvalue weighted by atomic mass is 14.1. The smallest absolute Gasteiger partial charge is 0.00104 e. The fraction of sp³-hybridized carbons (Fsp3) is 0.417. The zero-order chi connectivity index (χ0) is 17.0. The van der Waals surface area contributed by atoms with Crippen molar-refractivity contribution in [3.05, 3.63) is 83.9 Å². The van der Waals surface area contributed by atoms with Gasteiger partial charge in [-0.05, 0) is 42.2 Å². The molecule has 0 bridgehead atoms. The van der Waals surface area contributed by atoms with Crippen LogP contribution in [0, 0.1) is 0 Å². The van der Waals surface area contributed by atoms with Gasteiger partial charge in [0.1, 0.15) is 0 Å². The van der Waals surface area contributed by atoms with Crippen LogP contribution in [0.3, 0.4) is 0 Å². The van der Waals surface area contributed by atoms with Crippen LogP contribution in [0.4, 0.5) is 0 Å². The van der Waals surface area contributed by atoms with Gasteiger partial charge in [0.2, 0.25) is 0 Å². The molecule has 2 unspecified atom stereocenters. The Balaban J connectivity index is 1.86. The van der Waals surface area contributed by atoms with Crippen LogP contribution in [0.1, 0.15) is 75.3 Å². The molecule has 2 aromatic rings. The van der Waals surface area contributed by atoms with Crippen molar-refractivity contribution in [1.82, 2.24) is 0 Å². The van der Waals surface area contributed by atoms with Crippen molar-refractivity contribution in [2.24, 2.45) is 0 Å². The summed E-state index contributed by atoms with van der Waals surface area (Å²) in [7, 11) is 0. The summed E-state index contributed by atoms with van der Waals surface area (Å²) in [6.45, 7) is 4.56. The van der Waals surface area contributed by atoms with Crippen LogP contribution in [-0.2, 0) is 0 Å². The maximum Gasteiger partial charge on any atom is -0.00104 e. The van der Waals surface area contributed by atoms with Crippen molar-refractivity contribution in [3.8, 4) is 0 Å². The van der Waals surface area contributed by atoms with Crippen molar-refractivity contribution in [1.29, 1.82) is 0 Å². The van der Waals surface area contributed by atoms with Gasteiger partial charge in [-0.25, -0.2) is 0 Å². The quantitative estimate of drug-likeness (QED) is 0.314. The monoisotopic (exact) mass is 320 g/mol. The van der Waals surface area contributed by atoms with E-state index in [9.17, 15) is 0 Å². The fourth-order valence-electron chi connectivity index (χ4n) is 3.31. The van der Waals surface area contributed by atoms with Crippen molar-refractivity contribution in [2.75, 3.05) is 0 Å². The molecule has 0 saturated carbocycles. The van der Waals surface area contributed by atoms with Crippen molar-refractivity contribution >= 4 is 0 Å². The van der Waals surface area contributed by atoms with Gasteiger partial charge >= 0.3 is 0 Å². The van der Waals surface area contributed by atoms with Crippen LogP contribution in [0.15, 0.2) is 72.8 Å². The van der Waals surface area contributed by atoms with Gasteiger partial charge in [0.15, 0.2) is 0 Å². The molecule has 0 saturated heterocycles. The normalized spacial score (nSPS) is 13.9. The predicted octanol–water partition coefficient (Wildman–Crippen LogP) is 7.49. The molecule has 0 aliphatic heterocycles. The molecule has 0 heterocycles. The molecule has 24 heavy (non-hydrogen) atoms. The van der Waals surface area contributed by atoms with E-state index in [0.29, 0.717) is 11.8 Å². The summed E-state index contributed by atoms with van der Waals surface area (Å²) in [6, 6.07) is 21.8. The fourth-order valence-corrected chi connectivity index (χ4v) is 3.31. The van der Waals surface area contributed by atoms with E-state index in [0.717, 1.165) is 0 Å². The first-order valence-corrected chi connectivity index (χ1v) is 9.57. The lowest BCUT2D eigenvalue weighted by molar-refractivity contribution is 0.538. The second-order valence-electron chi connectivity index (χ2n) is 6.81. The van der Waals surface area contributed by atoms with Gasteiger partial charge in [-0.15, -0.1) is 0 Å². The third kappa shape index (κ3) is 6.35. The zero-order valence-electron chi connectivity index (χ0n) is 15.3. The summed E-state index contributed by atoms with van der Waals surface area (Å²) in [5, 5.41) is 0. The van der Waals surface area contributed by atoms with Gasteiger partial charge in [-0.1, -0.05) is 106 Å². The van der Waals surface area contributed by atoms with Crippen molar-refractivity contribution in [3.63, 3.8) is 0 Å². The molecule has 2 aromatic carbocycles. The first kappa shape index (κ1) is 18.5. The molecule has 0 amide bonds. The minimum absolute atomic E-state index is 0.501. The average Bonchev–Trinajstić information content (AvgIpc) is 2.65. The van der Waals surface area contributed by atoms with Crippen LogP contribution in [-0.4, -0.2) is 0 Å². The van der Waals surface area contributed by atoms with Crippen LogP contribution in [0.5, 0.6) is 0 Å². The van der Waals surface area contributed by atoms with E-state index in [-0.39, 0.29) is 0 Å². The Labute approximate surface area is 148 Å². The molecule has 0 radical (unpaired) electrons. The Morgan fingerprint density at radius 1 is 0.792 bits per heavy atom. The van der Waals surface area contributed by atoms with E-state index in [2.05, 4.69) is 86.7 Å². The predicted molar refractivity (Wildman–Crippen MR) is 107 cm³/mol. The number of allylic oxidation sites excluding steroid dienone is 2. The highest BCUT2D eigenvalue weighted by Gasteiger charge is 2.10. The topological polar surface area (TPSA) is 0 Å². The largest absolute Gasteiger partial charge is 0.0879 e. The Kier molecular flexibility index (Phi) is 8.38. The van der Waals surface area contributed by atoms with Gasteiger partial charge in [0.25, 0.3) is 0 Å². The van der Waals surface area contributed by atoms with Gasteiger partial charge < -0.3 is 0 Å². The Bertz CT molecular complexity index is 568. The second-order valence-corrected chi connectivity index (χ2v) is 6.81. The van der Waals surface area contributed by atoms with E-state index >= 15 is 0 Å². The number of hydrogen-bond donors (Lipinski definition) is 0. The molecule has 0 aliphatic rings. The van der Waals surface area contributed by atoms with Crippen LogP contribution in [0.25, 0.3) is 0 Å². The average molecular weight is 321 g/mol. The molecule has 0 spiro atoms. The van der Waals surface area contributed by atoms with Crippen molar-refractivity contribution < 1.29 is 0 Å². The molecule has 2 atom stereocenters. The molecular weight excluding hydrogens is 288 g/mol. The molecule has 0 aromatic heterocycles. The molecule has 0 aliphatic carbocycles. The Hall–Kier alpha value is -1.82. The summed E-state index contributed by atoms with van der Waals surface area (Å²) in [5.41, 5.74) is 2.91. The maximum atomic E-state index is 2.38. The van der Waals surface area contributed by atoms with E-state index < -0.39 is 0 Å². The lowest BCUT2D eigenvalue weighted by Crippen LogP contribution is -1.99. The first-order chi connectivity index (χ1) is 11.8. The molecule has 0 N–H and O–H groups in total. The maximum absolute atomic E-state index is 2.38. The number of hydrogen-bond acceptors (Lipinski definition) is 0. The van der Waals surface area contributed by atoms with E-state index in [1.165, 1.54) is 49.7 Å². The molecule has 0 heteroatoms. The van der Waals surface area contributed by atoms with Crippen LogP contribution < -0.4 is 0 Å². The lowest BCUT2D eigenvalue weighted by atomic mass is 9.89. The van der Waals surface area contributed by atoms with Gasteiger partial charge in [-0.2, -0.15) is 0 Å². The summed E-state index contributed by atoms with van der Waals surface area (Å²) in [6.07, 6.45) is 12.5. The van der Waals surface area contributed by atoms with Crippen LogP contribution in [0.2, 0.25) is 0 Å². The number of benzene rings is 2. The summed E-state index contributed by atoms with van der Waals surface area (Å²) >= 11 is 0. The lowest BCUT2D eigenvalue weighted by Gasteiger charge is -2.16. The highest BCUT2D eigenvalue weighted by molar-refractivity contribution is 5.23. The second kappa shape index (κ2) is 10.9. The van der Waals surface area contributed by atoms with E-state index in [1.54, 1.807) is 0 Å². The minimum Gasteiger partial charge on any atom is -0.0879 e. The third-order valence-corrected chi connectivity index (χ3v) is 4.86. The third-order valence-electron chi connectivity index (χ3n) is 4.86. The van der Waals surface area contributed by atoms with Gasteiger partial charge in [0, 0.05) is 0 Å². The van der Waals surface area contributed by atoms with E-state index in [4.69, 9.17) is 0 Å². The summed E-state index contributed by atoms with van der Waals surface area (Å²) in [5.74, 6) is 1.20. The van der Waals surface area contributed by atoms with Gasteiger partial charge in [-0.3, -0.25) is 0 Å². The SMILES string of the molecule is CCCCCC(CCC=CC(C)c1ccccc1)c1ccccc1. The molecule has 128 valence electrons. The summed E-state index contributed by atoms with van der Waals surface area (Å²) < 4.78 is 0. The molecule has 0 fully saturated rings. The molecule has 0 nitrogen and oxygen atoms in total. The zero-order valence-corrected chi connectivity index (χ0v) is 15.3. The Morgan fingerprint density at radius 3 is 2.04 bits per heavy atom. The van der Waals surface area contributed by atoms with Crippen LogP contribution >= 0.6 is 0 Å².